The lowest BCUT2D eigenvalue weighted by molar-refractivity contribution is 0.257. The van der Waals surface area contributed by atoms with E-state index >= 15 is 0 Å². The molecule has 1 heterocycles. The fourth-order valence-corrected chi connectivity index (χ4v) is 2.48. The van der Waals surface area contributed by atoms with Gasteiger partial charge in [-0.2, -0.15) is 0 Å². The fourth-order valence-electron chi connectivity index (χ4n) is 2.48. The molecule has 0 bridgehead atoms. The molecular formula is C14H22N2O2. The zero-order valence-corrected chi connectivity index (χ0v) is 11.4. The first-order valence-electron chi connectivity index (χ1n) is 6.39. The summed E-state index contributed by atoms with van der Waals surface area (Å²) in [4.78, 5) is 2.39. The average Bonchev–Trinajstić information content (AvgIpc) is 2.62. The van der Waals surface area contributed by atoms with Crippen LogP contribution in [0, 0.1) is 0 Å². The van der Waals surface area contributed by atoms with Crippen molar-refractivity contribution in [2.45, 2.75) is 12.5 Å². The number of rotatable bonds is 3. The van der Waals surface area contributed by atoms with Crippen molar-refractivity contribution in [3.63, 3.8) is 0 Å². The highest BCUT2D eigenvalue weighted by Crippen LogP contribution is 2.32. The lowest BCUT2D eigenvalue weighted by Gasteiger charge is -2.26. The normalized spacial score (nSPS) is 21.4. The maximum absolute atomic E-state index is 5.38. The number of benzene rings is 1. The number of ether oxygens (including phenoxy) is 2. The Labute approximate surface area is 109 Å². The van der Waals surface area contributed by atoms with Gasteiger partial charge in [0.25, 0.3) is 0 Å². The van der Waals surface area contributed by atoms with Crippen LogP contribution in [0.1, 0.15) is 18.0 Å². The van der Waals surface area contributed by atoms with Crippen LogP contribution in [-0.4, -0.2) is 45.8 Å². The van der Waals surface area contributed by atoms with E-state index in [1.165, 1.54) is 5.56 Å². The molecule has 1 unspecified atom stereocenters. The standard InChI is InChI=1S/C14H22N2O2/c1-16-9-8-15-7-6-12(16)11-4-5-13(17-2)14(10-11)18-3/h4-5,10,12,15H,6-9H2,1-3H3. The molecule has 1 atom stereocenters. The van der Waals surface area contributed by atoms with Gasteiger partial charge in [-0.1, -0.05) is 6.07 Å². The van der Waals surface area contributed by atoms with Crippen LogP contribution in [0.3, 0.4) is 0 Å². The fraction of sp³-hybridized carbons (Fsp3) is 0.571. The van der Waals surface area contributed by atoms with Gasteiger partial charge in [0, 0.05) is 19.1 Å². The summed E-state index contributed by atoms with van der Waals surface area (Å²) >= 11 is 0. The monoisotopic (exact) mass is 250 g/mol. The average molecular weight is 250 g/mol. The number of nitrogens with one attached hydrogen (secondary N) is 1. The summed E-state index contributed by atoms with van der Waals surface area (Å²) in [6, 6.07) is 6.65. The van der Waals surface area contributed by atoms with Crippen LogP contribution in [-0.2, 0) is 0 Å². The Morgan fingerprint density at radius 1 is 1.17 bits per heavy atom. The van der Waals surface area contributed by atoms with Gasteiger partial charge in [0.1, 0.15) is 0 Å². The van der Waals surface area contributed by atoms with Crippen molar-refractivity contribution in [3.8, 4) is 11.5 Å². The molecule has 1 fully saturated rings. The van der Waals surface area contributed by atoms with Crippen molar-refractivity contribution < 1.29 is 9.47 Å². The van der Waals surface area contributed by atoms with E-state index in [1.807, 2.05) is 6.07 Å². The molecule has 100 valence electrons. The Balaban J connectivity index is 2.26. The Kier molecular flexibility index (Phi) is 4.44. The van der Waals surface area contributed by atoms with Gasteiger partial charge in [-0.15, -0.1) is 0 Å². The first-order chi connectivity index (χ1) is 8.76. The van der Waals surface area contributed by atoms with Gasteiger partial charge in [0.05, 0.1) is 14.2 Å². The van der Waals surface area contributed by atoms with Crippen molar-refractivity contribution in [2.75, 3.05) is 40.9 Å². The minimum Gasteiger partial charge on any atom is -0.493 e. The third kappa shape index (κ3) is 2.76. The van der Waals surface area contributed by atoms with Gasteiger partial charge in [-0.25, -0.2) is 0 Å². The molecule has 0 radical (unpaired) electrons. The van der Waals surface area contributed by atoms with E-state index < -0.39 is 0 Å². The highest BCUT2D eigenvalue weighted by atomic mass is 16.5. The van der Waals surface area contributed by atoms with Crippen molar-refractivity contribution >= 4 is 0 Å². The number of methoxy groups -OCH3 is 2. The molecule has 0 aromatic heterocycles. The largest absolute Gasteiger partial charge is 0.493 e. The van der Waals surface area contributed by atoms with Gasteiger partial charge < -0.3 is 14.8 Å². The summed E-state index contributed by atoms with van der Waals surface area (Å²) in [7, 11) is 5.52. The smallest absolute Gasteiger partial charge is 0.161 e. The van der Waals surface area contributed by atoms with E-state index in [-0.39, 0.29) is 0 Å². The van der Waals surface area contributed by atoms with E-state index in [0.717, 1.165) is 37.6 Å². The summed E-state index contributed by atoms with van der Waals surface area (Å²) in [5.41, 5.74) is 1.29. The van der Waals surface area contributed by atoms with Gasteiger partial charge in [0.15, 0.2) is 11.5 Å². The Bertz CT molecular complexity index is 395. The first kappa shape index (κ1) is 13.2. The second kappa shape index (κ2) is 6.07. The molecule has 1 aliphatic heterocycles. The van der Waals surface area contributed by atoms with E-state index in [0.29, 0.717) is 6.04 Å². The predicted octanol–water partition coefficient (Wildman–Crippen LogP) is 1.67. The quantitative estimate of drug-likeness (QED) is 0.885. The third-order valence-electron chi connectivity index (χ3n) is 3.56. The molecule has 0 aliphatic carbocycles. The van der Waals surface area contributed by atoms with Gasteiger partial charge in [-0.05, 0) is 37.7 Å². The molecule has 4 heteroatoms. The maximum atomic E-state index is 5.38. The van der Waals surface area contributed by atoms with Gasteiger partial charge in [0.2, 0.25) is 0 Å². The lowest BCUT2D eigenvalue weighted by Crippen LogP contribution is -2.26. The van der Waals surface area contributed by atoms with Crippen LogP contribution >= 0.6 is 0 Å². The molecule has 1 saturated heterocycles. The number of nitrogens with zero attached hydrogens (tertiary/aromatic N) is 1. The molecule has 0 spiro atoms. The van der Waals surface area contributed by atoms with Crippen LogP contribution in [0.2, 0.25) is 0 Å². The second-order valence-electron chi connectivity index (χ2n) is 4.65. The van der Waals surface area contributed by atoms with Gasteiger partial charge >= 0.3 is 0 Å². The van der Waals surface area contributed by atoms with E-state index in [1.54, 1.807) is 14.2 Å². The molecular weight excluding hydrogens is 228 g/mol. The van der Waals surface area contributed by atoms with Crippen molar-refractivity contribution in [1.82, 2.24) is 10.2 Å². The molecule has 2 rings (SSSR count). The molecule has 0 amide bonds. The lowest BCUT2D eigenvalue weighted by atomic mass is 10.0. The summed E-state index contributed by atoms with van der Waals surface area (Å²) in [6.45, 7) is 3.18. The van der Waals surface area contributed by atoms with E-state index in [9.17, 15) is 0 Å². The molecule has 1 aliphatic rings. The third-order valence-corrected chi connectivity index (χ3v) is 3.56. The minimum atomic E-state index is 0.444. The highest BCUT2D eigenvalue weighted by molar-refractivity contribution is 5.43. The molecule has 1 aromatic rings. The van der Waals surface area contributed by atoms with Crippen LogP contribution in [0.5, 0.6) is 11.5 Å². The Hall–Kier alpha value is -1.26. The summed E-state index contributed by atoms with van der Waals surface area (Å²) in [6.07, 6.45) is 1.12. The Morgan fingerprint density at radius 3 is 2.67 bits per heavy atom. The summed E-state index contributed by atoms with van der Waals surface area (Å²) in [5.74, 6) is 1.59. The Morgan fingerprint density at radius 2 is 1.94 bits per heavy atom. The highest BCUT2D eigenvalue weighted by Gasteiger charge is 2.20. The van der Waals surface area contributed by atoms with Crippen LogP contribution < -0.4 is 14.8 Å². The molecule has 4 nitrogen and oxygen atoms in total. The second-order valence-corrected chi connectivity index (χ2v) is 4.65. The zero-order valence-electron chi connectivity index (χ0n) is 11.4. The van der Waals surface area contributed by atoms with E-state index in [4.69, 9.17) is 9.47 Å². The van der Waals surface area contributed by atoms with Gasteiger partial charge in [-0.3, -0.25) is 4.90 Å². The van der Waals surface area contributed by atoms with Crippen molar-refractivity contribution in [1.29, 1.82) is 0 Å². The zero-order chi connectivity index (χ0) is 13.0. The summed E-state index contributed by atoms with van der Waals surface area (Å²) < 4.78 is 10.7. The van der Waals surface area contributed by atoms with Crippen molar-refractivity contribution in [2.24, 2.45) is 0 Å². The number of hydrogen-bond acceptors (Lipinski definition) is 4. The summed E-state index contributed by atoms with van der Waals surface area (Å²) in [5, 5.41) is 3.43. The predicted molar refractivity (Wildman–Crippen MR) is 72.4 cm³/mol. The number of likely N-dealkylation sites (N-methyl/N-ethyl adjacent to an activating group) is 1. The molecule has 18 heavy (non-hydrogen) atoms. The van der Waals surface area contributed by atoms with Crippen LogP contribution in [0.4, 0.5) is 0 Å². The number of hydrogen-bond donors (Lipinski definition) is 1. The van der Waals surface area contributed by atoms with Crippen LogP contribution in [0.15, 0.2) is 18.2 Å². The van der Waals surface area contributed by atoms with Crippen LogP contribution in [0.25, 0.3) is 0 Å². The minimum absolute atomic E-state index is 0.444. The van der Waals surface area contributed by atoms with Crippen molar-refractivity contribution in [3.05, 3.63) is 23.8 Å². The first-order valence-corrected chi connectivity index (χ1v) is 6.39. The van der Waals surface area contributed by atoms with E-state index in [2.05, 4.69) is 29.4 Å². The maximum Gasteiger partial charge on any atom is 0.161 e. The molecule has 1 N–H and O–H groups in total. The topological polar surface area (TPSA) is 33.7 Å². The SMILES string of the molecule is COc1ccc(C2CCNCCN2C)cc1OC. The molecule has 0 saturated carbocycles. The molecule has 1 aromatic carbocycles.